The number of nitrogens with one attached hydrogen (secondary N) is 3. The molecule has 0 aromatic heterocycles. The number of carbonyl (C=O) groups excluding carboxylic acids is 2. The fraction of sp³-hybridized carbons (Fsp3) is 0.857. The number of rotatable bonds is 7. The number of hydrogen-bond acceptors (Lipinski definition) is 4. The second-order valence-electron chi connectivity index (χ2n) is 5.81. The maximum absolute atomic E-state index is 12.4. The number of amides is 2. The molecule has 1 saturated carbocycles. The van der Waals surface area contributed by atoms with E-state index in [1.165, 1.54) is 0 Å². The van der Waals surface area contributed by atoms with Crippen molar-refractivity contribution >= 4 is 11.8 Å². The Labute approximate surface area is 120 Å². The summed E-state index contributed by atoms with van der Waals surface area (Å²) in [5.41, 5.74) is -0.438. The molecule has 20 heavy (non-hydrogen) atoms. The first-order valence-corrected chi connectivity index (χ1v) is 7.44. The molecule has 114 valence electrons. The fourth-order valence-corrected chi connectivity index (χ4v) is 2.62. The van der Waals surface area contributed by atoms with Crippen molar-refractivity contribution in [3.63, 3.8) is 0 Å². The van der Waals surface area contributed by atoms with E-state index in [0.29, 0.717) is 25.6 Å². The van der Waals surface area contributed by atoms with Crippen molar-refractivity contribution in [1.82, 2.24) is 16.0 Å². The molecule has 1 heterocycles. The second kappa shape index (κ2) is 7.04. The van der Waals surface area contributed by atoms with Gasteiger partial charge in [-0.05, 0) is 38.8 Å². The lowest BCUT2D eigenvalue weighted by Crippen LogP contribution is -2.50. The molecule has 2 amide bonds. The summed E-state index contributed by atoms with van der Waals surface area (Å²) < 4.78 is 5.23. The SMILES string of the molecule is COCC1(C(=O)NCCC(=O)NC2CC2)CCNCC1. The van der Waals surface area contributed by atoms with Crippen LogP contribution in [0, 0.1) is 5.41 Å². The van der Waals surface area contributed by atoms with Crippen LogP contribution in [-0.2, 0) is 14.3 Å². The minimum Gasteiger partial charge on any atom is -0.384 e. The highest BCUT2D eigenvalue weighted by Crippen LogP contribution is 2.29. The molecule has 0 spiro atoms. The molecule has 6 nitrogen and oxygen atoms in total. The first-order chi connectivity index (χ1) is 9.66. The van der Waals surface area contributed by atoms with Crippen LogP contribution in [0.2, 0.25) is 0 Å². The number of ether oxygens (including phenoxy) is 1. The van der Waals surface area contributed by atoms with Crippen LogP contribution in [0.1, 0.15) is 32.1 Å². The Kier molecular flexibility index (Phi) is 5.37. The van der Waals surface area contributed by atoms with Crippen LogP contribution >= 0.6 is 0 Å². The molecular weight excluding hydrogens is 258 g/mol. The van der Waals surface area contributed by atoms with Crippen molar-refractivity contribution in [2.45, 2.75) is 38.1 Å². The van der Waals surface area contributed by atoms with E-state index in [-0.39, 0.29) is 11.8 Å². The molecular formula is C14H25N3O3. The summed E-state index contributed by atoms with van der Waals surface area (Å²) in [5.74, 6) is 0.0407. The third kappa shape index (κ3) is 4.18. The molecule has 0 bridgehead atoms. The third-order valence-electron chi connectivity index (χ3n) is 4.04. The van der Waals surface area contributed by atoms with Crippen LogP contribution in [0.3, 0.4) is 0 Å². The molecule has 0 aromatic carbocycles. The summed E-state index contributed by atoms with van der Waals surface area (Å²) >= 11 is 0. The first-order valence-electron chi connectivity index (χ1n) is 7.44. The van der Waals surface area contributed by atoms with Gasteiger partial charge in [0.15, 0.2) is 0 Å². The Hall–Kier alpha value is -1.14. The Morgan fingerprint density at radius 3 is 2.60 bits per heavy atom. The van der Waals surface area contributed by atoms with Crippen molar-refractivity contribution in [2.24, 2.45) is 5.41 Å². The number of methoxy groups -OCH3 is 1. The average molecular weight is 283 g/mol. The zero-order valence-corrected chi connectivity index (χ0v) is 12.2. The van der Waals surface area contributed by atoms with Crippen LogP contribution in [-0.4, -0.2) is 51.2 Å². The van der Waals surface area contributed by atoms with E-state index < -0.39 is 5.41 Å². The van der Waals surface area contributed by atoms with Gasteiger partial charge in [-0.15, -0.1) is 0 Å². The molecule has 0 aromatic rings. The van der Waals surface area contributed by atoms with Crippen molar-refractivity contribution in [3.05, 3.63) is 0 Å². The summed E-state index contributed by atoms with van der Waals surface area (Å²) in [7, 11) is 1.63. The summed E-state index contributed by atoms with van der Waals surface area (Å²) in [6, 6.07) is 0.377. The van der Waals surface area contributed by atoms with Crippen molar-refractivity contribution < 1.29 is 14.3 Å². The van der Waals surface area contributed by atoms with Crippen LogP contribution in [0.5, 0.6) is 0 Å². The van der Waals surface area contributed by atoms with E-state index in [0.717, 1.165) is 38.8 Å². The highest BCUT2D eigenvalue weighted by Gasteiger charge is 2.39. The van der Waals surface area contributed by atoms with Gasteiger partial charge in [-0.1, -0.05) is 0 Å². The van der Waals surface area contributed by atoms with E-state index in [4.69, 9.17) is 4.74 Å². The van der Waals surface area contributed by atoms with Crippen molar-refractivity contribution in [1.29, 1.82) is 0 Å². The van der Waals surface area contributed by atoms with E-state index in [1.54, 1.807) is 7.11 Å². The molecule has 6 heteroatoms. The molecule has 2 fully saturated rings. The summed E-state index contributed by atoms with van der Waals surface area (Å²) in [6.07, 6.45) is 4.08. The second-order valence-corrected chi connectivity index (χ2v) is 5.81. The van der Waals surface area contributed by atoms with Crippen molar-refractivity contribution in [3.8, 4) is 0 Å². The Morgan fingerprint density at radius 2 is 2.00 bits per heavy atom. The largest absolute Gasteiger partial charge is 0.384 e. The number of carbonyl (C=O) groups is 2. The molecule has 0 radical (unpaired) electrons. The first kappa shape index (κ1) is 15.3. The topological polar surface area (TPSA) is 79.5 Å². The van der Waals surface area contributed by atoms with Gasteiger partial charge in [0.25, 0.3) is 0 Å². The monoisotopic (exact) mass is 283 g/mol. The number of hydrogen-bond donors (Lipinski definition) is 3. The van der Waals surface area contributed by atoms with Gasteiger partial charge < -0.3 is 20.7 Å². The smallest absolute Gasteiger partial charge is 0.228 e. The average Bonchev–Trinajstić information content (AvgIpc) is 3.24. The highest BCUT2D eigenvalue weighted by atomic mass is 16.5. The summed E-state index contributed by atoms with van der Waals surface area (Å²) in [6.45, 7) is 2.50. The predicted octanol–water partition coefficient (Wildman–Crippen LogP) is -0.212. The van der Waals surface area contributed by atoms with Crippen LogP contribution in [0.4, 0.5) is 0 Å². The van der Waals surface area contributed by atoms with Gasteiger partial charge in [0.05, 0.1) is 12.0 Å². The Bertz CT molecular complexity index is 344. The molecule has 2 rings (SSSR count). The lowest BCUT2D eigenvalue weighted by molar-refractivity contribution is -0.136. The van der Waals surface area contributed by atoms with Crippen LogP contribution < -0.4 is 16.0 Å². The van der Waals surface area contributed by atoms with Gasteiger partial charge in [-0.2, -0.15) is 0 Å². The molecule has 1 aliphatic carbocycles. The predicted molar refractivity (Wildman–Crippen MR) is 75.2 cm³/mol. The van der Waals surface area contributed by atoms with E-state index in [9.17, 15) is 9.59 Å². The zero-order chi connectivity index (χ0) is 14.4. The minimum atomic E-state index is -0.438. The molecule has 0 atom stereocenters. The van der Waals surface area contributed by atoms with Gasteiger partial charge in [0.2, 0.25) is 11.8 Å². The lowest BCUT2D eigenvalue weighted by atomic mass is 9.78. The van der Waals surface area contributed by atoms with E-state index >= 15 is 0 Å². The van der Waals surface area contributed by atoms with Gasteiger partial charge in [0.1, 0.15) is 0 Å². The Morgan fingerprint density at radius 1 is 1.30 bits per heavy atom. The maximum Gasteiger partial charge on any atom is 0.228 e. The van der Waals surface area contributed by atoms with Crippen LogP contribution in [0.15, 0.2) is 0 Å². The van der Waals surface area contributed by atoms with E-state index in [2.05, 4.69) is 16.0 Å². The third-order valence-corrected chi connectivity index (χ3v) is 4.04. The highest BCUT2D eigenvalue weighted by molar-refractivity contribution is 5.84. The van der Waals surface area contributed by atoms with Crippen LogP contribution in [0.25, 0.3) is 0 Å². The molecule has 2 aliphatic rings. The standard InChI is InChI=1S/C14H25N3O3/c1-20-10-14(5-8-15-9-6-14)13(19)16-7-4-12(18)17-11-2-3-11/h11,15H,2-10H2,1H3,(H,16,19)(H,17,18). The molecule has 1 saturated heterocycles. The van der Waals surface area contributed by atoms with Gasteiger partial charge in [0, 0.05) is 26.1 Å². The summed E-state index contributed by atoms with van der Waals surface area (Å²) in [4.78, 5) is 23.9. The van der Waals surface area contributed by atoms with Crippen molar-refractivity contribution in [2.75, 3.05) is 33.4 Å². The van der Waals surface area contributed by atoms with E-state index in [1.807, 2.05) is 0 Å². The molecule has 0 unspecified atom stereocenters. The quantitative estimate of drug-likeness (QED) is 0.604. The molecule has 3 N–H and O–H groups in total. The molecule has 1 aliphatic heterocycles. The zero-order valence-electron chi connectivity index (χ0n) is 12.2. The maximum atomic E-state index is 12.4. The van der Waals surface area contributed by atoms with Gasteiger partial charge in [-0.3, -0.25) is 9.59 Å². The number of piperidine rings is 1. The lowest BCUT2D eigenvalue weighted by Gasteiger charge is -2.35. The Balaban J connectivity index is 1.74. The minimum absolute atomic E-state index is 0.0140. The fourth-order valence-electron chi connectivity index (χ4n) is 2.62. The van der Waals surface area contributed by atoms with Gasteiger partial charge >= 0.3 is 0 Å². The summed E-state index contributed by atoms with van der Waals surface area (Å²) in [5, 5.41) is 9.07. The normalized spacial score (nSPS) is 21.2. The van der Waals surface area contributed by atoms with Gasteiger partial charge in [-0.25, -0.2) is 0 Å².